The number of nitrogens with zero attached hydrogens (tertiary/aromatic N) is 2. The first-order chi connectivity index (χ1) is 17.9. The number of rotatable bonds is 17. The first kappa shape index (κ1) is 30.7. The summed E-state index contributed by atoms with van der Waals surface area (Å²) in [5.74, 6) is -1.69. The van der Waals surface area contributed by atoms with Gasteiger partial charge in [0.2, 0.25) is 0 Å². The van der Waals surface area contributed by atoms with E-state index >= 15 is 0 Å². The molecule has 0 bridgehead atoms. The summed E-state index contributed by atoms with van der Waals surface area (Å²) in [6.07, 6.45) is 13.2. The molecule has 1 aliphatic rings. The molecule has 1 aliphatic heterocycles. The van der Waals surface area contributed by atoms with E-state index in [0.717, 1.165) is 30.4 Å². The monoisotopic (exact) mass is 516 g/mol. The molecule has 1 aromatic rings. The number of fused-ring (bicyclic) bond motifs is 1. The van der Waals surface area contributed by atoms with E-state index in [1.807, 2.05) is 31.2 Å². The average molecular weight is 517 g/mol. The molecule has 208 valence electrons. The maximum atomic E-state index is 13.5. The van der Waals surface area contributed by atoms with E-state index in [0.29, 0.717) is 19.6 Å². The highest BCUT2D eigenvalue weighted by Crippen LogP contribution is 2.25. The van der Waals surface area contributed by atoms with Crippen molar-refractivity contribution >= 4 is 18.0 Å². The normalized spacial score (nSPS) is 15.6. The van der Waals surface area contributed by atoms with Gasteiger partial charge in [0.15, 0.2) is 0 Å². The predicted molar refractivity (Wildman–Crippen MR) is 146 cm³/mol. The lowest BCUT2D eigenvalue weighted by Gasteiger charge is -2.38. The molecule has 2 atom stereocenters. The van der Waals surface area contributed by atoms with E-state index in [4.69, 9.17) is 4.74 Å². The van der Waals surface area contributed by atoms with Crippen LogP contribution in [0, 0.1) is 5.92 Å². The van der Waals surface area contributed by atoms with Gasteiger partial charge in [-0.3, -0.25) is 4.79 Å². The zero-order chi connectivity index (χ0) is 27.0. The van der Waals surface area contributed by atoms with Crippen molar-refractivity contribution in [3.05, 3.63) is 35.4 Å². The van der Waals surface area contributed by atoms with Crippen LogP contribution in [0.1, 0.15) is 103 Å². The molecule has 7 nitrogen and oxygen atoms in total. The molecule has 0 aromatic heterocycles. The summed E-state index contributed by atoms with van der Waals surface area (Å²) < 4.78 is 5.34. The SMILES string of the molecule is CCCCCCCCCCCC[C@H](CN(CC)C(=O)N1Cc2ccccc2C[C@H]1C(=O)O)C(=O)OCC. The van der Waals surface area contributed by atoms with Crippen LogP contribution >= 0.6 is 0 Å². The highest BCUT2D eigenvalue weighted by molar-refractivity contribution is 5.84. The molecule has 0 spiro atoms. The van der Waals surface area contributed by atoms with Gasteiger partial charge in [-0.15, -0.1) is 0 Å². The van der Waals surface area contributed by atoms with Gasteiger partial charge in [0.1, 0.15) is 6.04 Å². The maximum Gasteiger partial charge on any atom is 0.326 e. The molecule has 0 saturated carbocycles. The summed E-state index contributed by atoms with van der Waals surface area (Å²) in [5.41, 5.74) is 1.93. The number of hydrogen-bond acceptors (Lipinski definition) is 4. The molecule has 0 unspecified atom stereocenters. The van der Waals surface area contributed by atoms with E-state index < -0.39 is 17.9 Å². The van der Waals surface area contributed by atoms with E-state index in [9.17, 15) is 19.5 Å². The quantitative estimate of drug-likeness (QED) is 0.190. The number of aliphatic carboxylic acids is 1. The fraction of sp³-hybridized carbons (Fsp3) is 0.700. The Kier molecular flexibility index (Phi) is 14.1. The van der Waals surface area contributed by atoms with Gasteiger partial charge < -0.3 is 19.6 Å². The van der Waals surface area contributed by atoms with Gasteiger partial charge in [-0.2, -0.15) is 0 Å². The molecule has 7 heteroatoms. The third-order valence-corrected chi connectivity index (χ3v) is 7.40. The zero-order valence-corrected chi connectivity index (χ0v) is 23.3. The largest absolute Gasteiger partial charge is 0.480 e. The van der Waals surface area contributed by atoms with Gasteiger partial charge in [-0.1, -0.05) is 95.4 Å². The molecule has 1 heterocycles. The number of ether oxygens (including phenoxy) is 1. The fourth-order valence-corrected chi connectivity index (χ4v) is 5.16. The summed E-state index contributed by atoms with van der Waals surface area (Å²) in [6.45, 7) is 7.10. The van der Waals surface area contributed by atoms with Crippen molar-refractivity contribution in [3.63, 3.8) is 0 Å². The van der Waals surface area contributed by atoms with Gasteiger partial charge in [-0.05, 0) is 31.4 Å². The molecule has 2 amide bonds. The standard InChI is InChI=1S/C30H48N2O5/c1-4-7-8-9-10-11-12-13-14-15-20-26(29(35)37-6-3)22-31(5-2)30(36)32-23-25-19-17-16-18-24(25)21-27(32)28(33)34/h16-19,26-27H,4-15,20-23H2,1-3H3,(H,33,34)/t26-,27+/m1/s1. The lowest BCUT2D eigenvalue weighted by molar-refractivity contribution is -0.149. The number of benzene rings is 1. The van der Waals surface area contributed by atoms with Gasteiger partial charge in [0.25, 0.3) is 0 Å². The van der Waals surface area contributed by atoms with Crippen LogP contribution in [0.15, 0.2) is 24.3 Å². The lowest BCUT2D eigenvalue weighted by Crippen LogP contribution is -2.54. The van der Waals surface area contributed by atoms with Gasteiger partial charge in [0, 0.05) is 26.1 Å². The molecule has 0 radical (unpaired) electrons. The average Bonchev–Trinajstić information content (AvgIpc) is 2.90. The molecular weight excluding hydrogens is 468 g/mol. The molecule has 0 aliphatic carbocycles. The molecule has 2 rings (SSSR count). The van der Waals surface area contributed by atoms with Crippen LogP contribution in [0.25, 0.3) is 0 Å². The van der Waals surface area contributed by atoms with Crippen molar-refractivity contribution in [2.75, 3.05) is 19.7 Å². The molecule has 1 aromatic carbocycles. The van der Waals surface area contributed by atoms with Crippen LogP contribution in [0.3, 0.4) is 0 Å². The Balaban J connectivity index is 1.94. The highest BCUT2D eigenvalue weighted by atomic mass is 16.5. The second-order valence-electron chi connectivity index (χ2n) is 10.2. The Hall–Kier alpha value is -2.57. The predicted octanol–water partition coefficient (Wildman–Crippen LogP) is 6.43. The minimum absolute atomic E-state index is 0.246. The Morgan fingerprint density at radius 2 is 1.54 bits per heavy atom. The van der Waals surface area contributed by atoms with Crippen LogP contribution in [-0.2, 0) is 27.3 Å². The lowest BCUT2D eigenvalue weighted by atomic mass is 9.94. The van der Waals surface area contributed by atoms with E-state index in [1.165, 1.54) is 49.8 Å². The second kappa shape index (κ2) is 17.0. The zero-order valence-electron chi connectivity index (χ0n) is 23.3. The minimum atomic E-state index is -1.01. The van der Waals surface area contributed by atoms with Crippen LogP contribution in [-0.4, -0.2) is 58.6 Å². The number of unbranched alkanes of at least 4 members (excludes halogenated alkanes) is 9. The highest BCUT2D eigenvalue weighted by Gasteiger charge is 2.37. The number of carbonyl (C=O) groups is 3. The van der Waals surface area contributed by atoms with Gasteiger partial charge in [0.05, 0.1) is 12.5 Å². The van der Waals surface area contributed by atoms with Crippen LogP contribution in [0.2, 0.25) is 0 Å². The molecule has 0 saturated heterocycles. The summed E-state index contributed by atoms with van der Waals surface area (Å²) in [7, 11) is 0. The summed E-state index contributed by atoms with van der Waals surface area (Å²) >= 11 is 0. The first-order valence-corrected chi connectivity index (χ1v) is 14.4. The van der Waals surface area contributed by atoms with Crippen molar-refractivity contribution in [1.29, 1.82) is 0 Å². The number of amides is 2. The third-order valence-electron chi connectivity index (χ3n) is 7.40. The second-order valence-corrected chi connectivity index (χ2v) is 10.2. The van der Waals surface area contributed by atoms with E-state index in [2.05, 4.69) is 6.92 Å². The van der Waals surface area contributed by atoms with Crippen molar-refractivity contribution in [2.24, 2.45) is 5.92 Å². The maximum absolute atomic E-state index is 13.5. The van der Waals surface area contributed by atoms with Crippen molar-refractivity contribution in [1.82, 2.24) is 9.80 Å². The van der Waals surface area contributed by atoms with Gasteiger partial charge >= 0.3 is 18.0 Å². The van der Waals surface area contributed by atoms with Crippen molar-refractivity contribution < 1.29 is 24.2 Å². The molecular formula is C30H48N2O5. The van der Waals surface area contributed by atoms with E-state index in [1.54, 1.807) is 11.8 Å². The first-order valence-electron chi connectivity index (χ1n) is 14.4. The van der Waals surface area contributed by atoms with Crippen molar-refractivity contribution in [3.8, 4) is 0 Å². The Bertz CT molecular complexity index is 843. The summed E-state index contributed by atoms with van der Waals surface area (Å²) in [5, 5.41) is 9.85. The number of esters is 1. The number of carbonyl (C=O) groups excluding carboxylic acids is 2. The van der Waals surface area contributed by atoms with Crippen molar-refractivity contribution in [2.45, 2.75) is 110 Å². The Labute approximate surface area is 223 Å². The fourth-order valence-electron chi connectivity index (χ4n) is 5.16. The number of hydrogen-bond donors (Lipinski definition) is 1. The smallest absolute Gasteiger partial charge is 0.326 e. The topological polar surface area (TPSA) is 87.2 Å². The number of carboxylic acids is 1. The molecule has 1 N–H and O–H groups in total. The summed E-state index contributed by atoms with van der Waals surface area (Å²) in [6, 6.07) is 6.42. The third kappa shape index (κ3) is 10.0. The van der Waals surface area contributed by atoms with Crippen LogP contribution in [0.4, 0.5) is 4.79 Å². The molecule has 37 heavy (non-hydrogen) atoms. The Morgan fingerprint density at radius 3 is 2.11 bits per heavy atom. The number of carboxylic acid groups (broad SMARTS) is 1. The van der Waals surface area contributed by atoms with Crippen LogP contribution in [0.5, 0.6) is 0 Å². The van der Waals surface area contributed by atoms with Crippen LogP contribution < -0.4 is 0 Å². The minimum Gasteiger partial charge on any atom is -0.480 e. The summed E-state index contributed by atoms with van der Waals surface area (Å²) in [4.78, 5) is 41.4. The number of urea groups is 1. The van der Waals surface area contributed by atoms with Gasteiger partial charge in [-0.25, -0.2) is 9.59 Å². The van der Waals surface area contributed by atoms with E-state index in [-0.39, 0.29) is 31.5 Å². The Morgan fingerprint density at radius 1 is 0.946 bits per heavy atom. The molecule has 0 fully saturated rings.